The first-order chi connectivity index (χ1) is 10.2. The third-order valence-electron chi connectivity index (χ3n) is 4.03. The summed E-state index contributed by atoms with van der Waals surface area (Å²) in [5.41, 5.74) is 14.4. The van der Waals surface area contributed by atoms with Gasteiger partial charge in [-0.3, -0.25) is 4.79 Å². The van der Waals surface area contributed by atoms with E-state index in [2.05, 4.69) is 11.5 Å². The topological polar surface area (TPSA) is 66.6 Å². The van der Waals surface area contributed by atoms with E-state index in [9.17, 15) is 9.90 Å². The van der Waals surface area contributed by atoms with E-state index in [1.807, 2.05) is 18.2 Å². The monoisotopic (exact) mass is 282 g/mol. The molecule has 0 bridgehead atoms. The lowest BCUT2D eigenvalue weighted by molar-refractivity contribution is -0.134. The highest BCUT2D eigenvalue weighted by molar-refractivity contribution is 5.83. The number of rotatable bonds is 3. The second kappa shape index (κ2) is 5.72. The predicted molar refractivity (Wildman–Crippen MR) is 81.1 cm³/mol. The molecule has 1 aromatic rings. The van der Waals surface area contributed by atoms with Gasteiger partial charge in [-0.15, -0.1) is 0 Å². The van der Waals surface area contributed by atoms with Gasteiger partial charge < -0.3 is 15.7 Å². The SMILES string of the molecule is N[C@@H](C(=O)N1CCCC1)[C@@H](O)c1ccc2c(c1)C=C=C=C2. The van der Waals surface area contributed by atoms with Crippen molar-refractivity contribution in [3.05, 3.63) is 46.4 Å². The quantitative estimate of drug-likeness (QED) is 0.838. The molecule has 2 aliphatic rings. The summed E-state index contributed by atoms with van der Waals surface area (Å²) < 4.78 is 0. The number of fused-ring (bicyclic) bond motifs is 1. The fourth-order valence-corrected chi connectivity index (χ4v) is 2.76. The Kier molecular flexibility index (Phi) is 3.78. The van der Waals surface area contributed by atoms with Crippen LogP contribution in [-0.4, -0.2) is 35.0 Å². The average Bonchev–Trinajstić information content (AvgIpc) is 3.06. The van der Waals surface area contributed by atoms with Crippen molar-refractivity contribution < 1.29 is 9.90 Å². The van der Waals surface area contributed by atoms with E-state index in [1.54, 1.807) is 17.0 Å². The van der Waals surface area contributed by atoms with Gasteiger partial charge in [0.25, 0.3) is 0 Å². The summed E-state index contributed by atoms with van der Waals surface area (Å²) in [5, 5.41) is 10.4. The standard InChI is InChI=1S/C17H18N2O2/c18-15(17(21)19-9-3-4-10-19)16(20)14-8-7-12-5-1-2-6-13(12)11-14/h5-8,11,15-16,20H,3-4,9-10,18H2/t15-,16+/m1/s1. The Morgan fingerprint density at radius 1 is 1.19 bits per heavy atom. The zero-order valence-corrected chi connectivity index (χ0v) is 11.7. The van der Waals surface area contributed by atoms with Gasteiger partial charge in [-0.25, -0.2) is 0 Å². The van der Waals surface area contributed by atoms with Crippen LogP contribution in [0.1, 0.15) is 35.6 Å². The molecule has 0 aromatic heterocycles. The molecule has 0 saturated carbocycles. The van der Waals surface area contributed by atoms with Gasteiger partial charge in [0.05, 0.1) is 0 Å². The number of nitrogens with zero attached hydrogens (tertiary/aromatic N) is 1. The highest BCUT2D eigenvalue weighted by Gasteiger charge is 2.29. The van der Waals surface area contributed by atoms with Crippen molar-refractivity contribution in [1.29, 1.82) is 0 Å². The second-order valence-electron chi connectivity index (χ2n) is 5.47. The van der Waals surface area contributed by atoms with E-state index in [0.717, 1.165) is 37.1 Å². The molecule has 0 spiro atoms. The summed E-state index contributed by atoms with van der Waals surface area (Å²) in [4.78, 5) is 14.0. The Hall–Kier alpha value is -2.09. The van der Waals surface area contributed by atoms with E-state index in [1.165, 1.54) is 0 Å². The van der Waals surface area contributed by atoms with Crippen molar-refractivity contribution in [2.75, 3.05) is 13.1 Å². The zero-order chi connectivity index (χ0) is 14.8. The molecule has 1 saturated heterocycles. The van der Waals surface area contributed by atoms with Crippen LogP contribution in [0.2, 0.25) is 0 Å². The number of hydrogen-bond donors (Lipinski definition) is 2. The van der Waals surface area contributed by atoms with Gasteiger partial charge in [0.1, 0.15) is 12.1 Å². The maximum absolute atomic E-state index is 12.3. The van der Waals surface area contributed by atoms with Crippen molar-refractivity contribution in [3.8, 4) is 0 Å². The van der Waals surface area contributed by atoms with E-state index in [0.29, 0.717) is 5.56 Å². The van der Waals surface area contributed by atoms with Gasteiger partial charge in [-0.05, 0) is 47.8 Å². The Morgan fingerprint density at radius 2 is 1.86 bits per heavy atom. The fraction of sp³-hybridized carbons (Fsp3) is 0.353. The molecule has 1 aliphatic heterocycles. The summed E-state index contributed by atoms with van der Waals surface area (Å²) in [5.74, 6) is -0.173. The summed E-state index contributed by atoms with van der Waals surface area (Å²) in [6, 6.07) is 4.63. The van der Waals surface area contributed by atoms with Crippen molar-refractivity contribution >= 4 is 18.1 Å². The lowest BCUT2D eigenvalue weighted by atomic mass is 9.96. The maximum atomic E-state index is 12.3. The summed E-state index contributed by atoms with van der Waals surface area (Å²) in [6.07, 6.45) is 4.67. The first kappa shape index (κ1) is 13.9. The van der Waals surface area contributed by atoms with Gasteiger partial charge in [-0.1, -0.05) is 23.6 Å². The fourth-order valence-electron chi connectivity index (χ4n) is 2.76. The van der Waals surface area contributed by atoms with Crippen LogP contribution in [0, 0.1) is 0 Å². The number of carbonyl (C=O) groups is 1. The molecule has 0 unspecified atom stereocenters. The van der Waals surface area contributed by atoms with E-state index < -0.39 is 12.1 Å². The van der Waals surface area contributed by atoms with Gasteiger partial charge >= 0.3 is 0 Å². The normalized spacial score (nSPS) is 18.7. The molecule has 1 fully saturated rings. The van der Waals surface area contributed by atoms with Crippen LogP contribution in [0.15, 0.2) is 29.7 Å². The summed E-state index contributed by atoms with van der Waals surface area (Å²) in [6.45, 7) is 1.48. The van der Waals surface area contributed by atoms with Crippen molar-refractivity contribution in [2.24, 2.45) is 5.73 Å². The molecule has 1 heterocycles. The van der Waals surface area contributed by atoms with Crippen molar-refractivity contribution in [2.45, 2.75) is 25.0 Å². The predicted octanol–water partition coefficient (Wildman–Crippen LogP) is 1.46. The first-order valence-corrected chi connectivity index (χ1v) is 7.21. The van der Waals surface area contributed by atoms with Crippen LogP contribution < -0.4 is 5.73 Å². The maximum Gasteiger partial charge on any atom is 0.242 e. The first-order valence-electron chi connectivity index (χ1n) is 7.21. The lowest BCUT2D eigenvalue weighted by Crippen LogP contribution is -2.45. The number of carbonyl (C=O) groups excluding carboxylic acids is 1. The number of nitrogens with two attached hydrogens (primary N) is 1. The Bertz CT molecular complexity index is 661. The number of amides is 1. The molecule has 1 amide bonds. The summed E-state index contributed by atoms with van der Waals surface area (Å²) in [7, 11) is 0. The molecule has 4 heteroatoms. The molecule has 3 rings (SSSR count). The molecule has 1 aromatic carbocycles. The molecule has 2 atom stereocenters. The van der Waals surface area contributed by atoms with E-state index >= 15 is 0 Å². The largest absolute Gasteiger partial charge is 0.386 e. The number of benzene rings is 1. The smallest absolute Gasteiger partial charge is 0.242 e. The van der Waals surface area contributed by atoms with Crippen LogP contribution in [-0.2, 0) is 4.79 Å². The number of hydrogen-bond acceptors (Lipinski definition) is 3. The van der Waals surface area contributed by atoms with E-state index in [-0.39, 0.29) is 5.91 Å². The number of aliphatic hydroxyl groups is 1. The molecule has 108 valence electrons. The molecule has 0 radical (unpaired) electrons. The van der Waals surface area contributed by atoms with Crippen LogP contribution in [0.4, 0.5) is 0 Å². The highest BCUT2D eigenvalue weighted by Crippen LogP contribution is 2.24. The summed E-state index contributed by atoms with van der Waals surface area (Å²) >= 11 is 0. The van der Waals surface area contributed by atoms with Gasteiger partial charge in [-0.2, -0.15) is 0 Å². The van der Waals surface area contributed by atoms with Crippen molar-refractivity contribution in [3.63, 3.8) is 0 Å². The van der Waals surface area contributed by atoms with Crippen LogP contribution in [0.5, 0.6) is 0 Å². The van der Waals surface area contributed by atoms with Crippen LogP contribution in [0.25, 0.3) is 12.2 Å². The van der Waals surface area contributed by atoms with Gasteiger partial charge in [0.15, 0.2) is 0 Å². The zero-order valence-electron chi connectivity index (χ0n) is 11.7. The molecule has 21 heavy (non-hydrogen) atoms. The van der Waals surface area contributed by atoms with Gasteiger partial charge in [0.2, 0.25) is 5.91 Å². The molecule has 4 nitrogen and oxygen atoms in total. The third kappa shape index (κ3) is 2.71. The highest BCUT2D eigenvalue weighted by atomic mass is 16.3. The van der Waals surface area contributed by atoms with Gasteiger partial charge in [0, 0.05) is 13.1 Å². The Morgan fingerprint density at radius 3 is 2.57 bits per heavy atom. The molecule has 3 N–H and O–H groups in total. The minimum Gasteiger partial charge on any atom is -0.386 e. The van der Waals surface area contributed by atoms with Crippen LogP contribution >= 0.6 is 0 Å². The third-order valence-corrected chi connectivity index (χ3v) is 4.03. The minimum absolute atomic E-state index is 0.173. The molecular weight excluding hydrogens is 264 g/mol. The number of aliphatic hydroxyl groups excluding tert-OH is 1. The van der Waals surface area contributed by atoms with E-state index in [4.69, 9.17) is 5.73 Å². The molecular formula is C17H18N2O2. The molecule has 1 aliphatic carbocycles. The van der Waals surface area contributed by atoms with Crippen LogP contribution in [0.3, 0.4) is 0 Å². The van der Waals surface area contributed by atoms with Crippen molar-refractivity contribution in [1.82, 2.24) is 4.90 Å². The Labute approximate surface area is 123 Å². The lowest BCUT2D eigenvalue weighted by Gasteiger charge is -2.24. The average molecular weight is 282 g/mol. The number of likely N-dealkylation sites (tertiary alicyclic amines) is 1. The Balaban J connectivity index is 1.79. The minimum atomic E-state index is -0.994. The second-order valence-corrected chi connectivity index (χ2v) is 5.47.